The zero-order valence-corrected chi connectivity index (χ0v) is 11.9. The van der Waals surface area contributed by atoms with Crippen molar-refractivity contribution < 1.29 is 4.79 Å². The number of nitrogens with zero attached hydrogens (tertiary/aromatic N) is 2. The Morgan fingerprint density at radius 2 is 2.47 bits per heavy atom. The number of rotatable bonds is 5. The first kappa shape index (κ1) is 14.1. The molecule has 1 aliphatic carbocycles. The van der Waals surface area contributed by atoms with E-state index in [4.69, 9.17) is 5.73 Å². The van der Waals surface area contributed by atoms with Crippen LogP contribution in [-0.2, 0) is 11.8 Å². The number of carbonyl (C=O) groups excluding carboxylic acids is 1. The molecule has 2 rings (SSSR count). The highest BCUT2D eigenvalue weighted by Crippen LogP contribution is 2.39. The van der Waals surface area contributed by atoms with E-state index in [1.165, 1.54) is 16.3 Å². The largest absolute Gasteiger partial charge is 0.368 e. The van der Waals surface area contributed by atoms with Gasteiger partial charge in [-0.1, -0.05) is 18.7 Å². The molecule has 0 bridgehead atoms. The molecule has 1 saturated carbocycles. The third-order valence-corrected chi connectivity index (χ3v) is 4.88. The van der Waals surface area contributed by atoms with E-state index in [1.54, 1.807) is 7.05 Å². The van der Waals surface area contributed by atoms with Gasteiger partial charge < -0.3 is 11.1 Å². The monoisotopic (exact) mass is 285 g/mol. The number of hydrogen-bond donors (Lipinski definition) is 3. The van der Waals surface area contributed by atoms with E-state index in [0.29, 0.717) is 18.1 Å². The molecule has 0 saturated heterocycles. The molecule has 1 heterocycles. The zero-order valence-electron chi connectivity index (χ0n) is 11.1. The van der Waals surface area contributed by atoms with Gasteiger partial charge in [-0.25, -0.2) is 9.89 Å². The van der Waals surface area contributed by atoms with E-state index < -0.39 is 5.54 Å². The van der Waals surface area contributed by atoms with Crippen molar-refractivity contribution in [1.82, 2.24) is 20.1 Å². The van der Waals surface area contributed by atoms with Crippen molar-refractivity contribution in [2.75, 3.05) is 6.54 Å². The van der Waals surface area contributed by atoms with Crippen molar-refractivity contribution in [3.05, 3.63) is 10.5 Å². The second-order valence-corrected chi connectivity index (χ2v) is 6.10. The van der Waals surface area contributed by atoms with Crippen LogP contribution in [0, 0.1) is 0 Å². The average Bonchev–Trinajstić information content (AvgIpc) is 2.90. The number of H-pyrrole nitrogens is 1. The molecule has 1 fully saturated rings. The SMILES string of the molecule is CCNC1(C(N)=O)CCC(Sc2n[nH]c(=O)n2C)C1. The van der Waals surface area contributed by atoms with Crippen LogP contribution in [0.4, 0.5) is 0 Å². The number of primary amides is 1. The normalized spacial score (nSPS) is 26.7. The lowest BCUT2D eigenvalue weighted by Gasteiger charge is -2.26. The average molecular weight is 285 g/mol. The molecular formula is C11H19N5O2S. The van der Waals surface area contributed by atoms with Gasteiger partial charge in [0.15, 0.2) is 5.16 Å². The number of carbonyl (C=O) groups is 1. The van der Waals surface area contributed by atoms with Gasteiger partial charge in [-0.3, -0.25) is 9.36 Å². The molecule has 2 atom stereocenters. The summed E-state index contributed by atoms with van der Waals surface area (Å²) >= 11 is 1.52. The highest BCUT2D eigenvalue weighted by Gasteiger charge is 2.44. The van der Waals surface area contributed by atoms with Crippen LogP contribution in [0.2, 0.25) is 0 Å². The number of likely N-dealkylation sites (N-methyl/N-ethyl adjacent to an activating group) is 1. The van der Waals surface area contributed by atoms with Gasteiger partial charge in [0.2, 0.25) is 5.91 Å². The van der Waals surface area contributed by atoms with Crippen molar-refractivity contribution in [3.63, 3.8) is 0 Å². The molecule has 1 aliphatic rings. The lowest BCUT2D eigenvalue weighted by atomic mass is 9.97. The van der Waals surface area contributed by atoms with E-state index in [1.807, 2.05) is 6.92 Å². The van der Waals surface area contributed by atoms with E-state index in [0.717, 1.165) is 12.8 Å². The molecule has 2 unspecified atom stereocenters. The maximum Gasteiger partial charge on any atom is 0.343 e. The number of nitrogens with two attached hydrogens (primary N) is 1. The van der Waals surface area contributed by atoms with Gasteiger partial charge in [-0.15, -0.1) is 5.10 Å². The molecule has 1 aromatic rings. The number of thioether (sulfide) groups is 1. The first-order chi connectivity index (χ1) is 8.98. The molecule has 4 N–H and O–H groups in total. The predicted octanol–water partition coefficient (Wildman–Crippen LogP) is -0.413. The van der Waals surface area contributed by atoms with Crippen molar-refractivity contribution in [2.24, 2.45) is 12.8 Å². The van der Waals surface area contributed by atoms with Crippen LogP contribution < -0.4 is 16.7 Å². The third kappa shape index (κ3) is 2.69. The van der Waals surface area contributed by atoms with Crippen LogP contribution in [0.3, 0.4) is 0 Å². The highest BCUT2D eigenvalue weighted by atomic mass is 32.2. The van der Waals surface area contributed by atoms with Crippen LogP contribution >= 0.6 is 11.8 Å². The van der Waals surface area contributed by atoms with Crippen LogP contribution in [0.1, 0.15) is 26.2 Å². The number of aromatic nitrogens is 3. The second-order valence-electron chi connectivity index (χ2n) is 4.83. The molecule has 0 aliphatic heterocycles. The summed E-state index contributed by atoms with van der Waals surface area (Å²) in [5.74, 6) is -0.298. The summed E-state index contributed by atoms with van der Waals surface area (Å²) in [7, 11) is 1.68. The minimum Gasteiger partial charge on any atom is -0.368 e. The van der Waals surface area contributed by atoms with Crippen LogP contribution in [0.15, 0.2) is 9.95 Å². The van der Waals surface area contributed by atoms with Gasteiger partial charge in [-0.2, -0.15) is 0 Å². The summed E-state index contributed by atoms with van der Waals surface area (Å²) in [4.78, 5) is 23.0. The molecule has 0 radical (unpaired) electrons. The van der Waals surface area contributed by atoms with Crippen LogP contribution in [0.25, 0.3) is 0 Å². The second kappa shape index (κ2) is 5.38. The van der Waals surface area contributed by atoms with E-state index >= 15 is 0 Å². The lowest BCUT2D eigenvalue weighted by molar-refractivity contribution is -0.124. The van der Waals surface area contributed by atoms with Gasteiger partial charge in [-0.05, 0) is 25.8 Å². The Balaban J connectivity index is 2.07. The number of nitrogens with one attached hydrogen (secondary N) is 2. The minimum absolute atomic E-state index is 0.228. The first-order valence-corrected chi connectivity index (χ1v) is 7.19. The Morgan fingerprint density at radius 3 is 3.00 bits per heavy atom. The van der Waals surface area contributed by atoms with Crippen LogP contribution in [-0.4, -0.2) is 38.0 Å². The molecule has 19 heavy (non-hydrogen) atoms. The fraction of sp³-hybridized carbons (Fsp3) is 0.727. The quantitative estimate of drug-likeness (QED) is 0.682. The Labute approximate surface area is 115 Å². The molecule has 1 amide bonds. The number of hydrogen-bond acceptors (Lipinski definition) is 5. The maximum atomic E-state index is 11.7. The Kier molecular flexibility index (Phi) is 4.00. The van der Waals surface area contributed by atoms with Crippen LogP contribution in [0.5, 0.6) is 0 Å². The summed E-state index contributed by atoms with van der Waals surface area (Å²) < 4.78 is 1.47. The number of aromatic amines is 1. The van der Waals surface area contributed by atoms with Crippen molar-refractivity contribution in [2.45, 2.75) is 42.1 Å². The molecule has 0 spiro atoms. The van der Waals surface area contributed by atoms with E-state index in [-0.39, 0.29) is 16.8 Å². The van der Waals surface area contributed by atoms with E-state index in [9.17, 15) is 9.59 Å². The molecule has 0 aromatic carbocycles. The summed E-state index contributed by atoms with van der Waals surface area (Å²) in [5, 5.41) is 10.5. The fourth-order valence-corrected chi connectivity index (χ4v) is 3.74. The number of amides is 1. The van der Waals surface area contributed by atoms with Crippen molar-refractivity contribution in [1.29, 1.82) is 0 Å². The van der Waals surface area contributed by atoms with Gasteiger partial charge >= 0.3 is 5.69 Å². The molecule has 106 valence electrons. The molecule has 1 aromatic heterocycles. The van der Waals surface area contributed by atoms with Gasteiger partial charge in [0.1, 0.15) is 0 Å². The smallest absolute Gasteiger partial charge is 0.343 e. The predicted molar refractivity (Wildman–Crippen MR) is 72.9 cm³/mol. The Morgan fingerprint density at radius 1 is 1.74 bits per heavy atom. The molecule has 8 heteroatoms. The zero-order chi connectivity index (χ0) is 14.0. The standard InChI is InChI=1S/C11H19N5O2S/c1-3-13-11(8(12)17)5-4-7(6-11)19-10-15-14-9(18)16(10)2/h7,13H,3-6H2,1-2H3,(H2,12,17)(H,14,18). The molecular weight excluding hydrogens is 266 g/mol. The topological polar surface area (TPSA) is 106 Å². The fourth-order valence-electron chi connectivity index (χ4n) is 2.50. The van der Waals surface area contributed by atoms with Gasteiger partial charge in [0, 0.05) is 12.3 Å². The van der Waals surface area contributed by atoms with Gasteiger partial charge in [0.05, 0.1) is 5.54 Å². The van der Waals surface area contributed by atoms with Crippen molar-refractivity contribution in [3.8, 4) is 0 Å². The van der Waals surface area contributed by atoms with Gasteiger partial charge in [0.25, 0.3) is 0 Å². The summed E-state index contributed by atoms with van der Waals surface area (Å²) in [6, 6.07) is 0. The van der Waals surface area contributed by atoms with E-state index in [2.05, 4.69) is 15.5 Å². The Bertz CT molecular complexity index is 525. The summed E-state index contributed by atoms with van der Waals surface area (Å²) in [6.45, 7) is 2.67. The summed E-state index contributed by atoms with van der Waals surface area (Å²) in [6.07, 6.45) is 2.27. The highest BCUT2D eigenvalue weighted by molar-refractivity contribution is 7.99. The maximum absolute atomic E-state index is 11.7. The molecule has 7 nitrogen and oxygen atoms in total. The summed E-state index contributed by atoms with van der Waals surface area (Å²) in [5.41, 5.74) is 4.68. The van der Waals surface area contributed by atoms with Crippen molar-refractivity contribution >= 4 is 17.7 Å². The minimum atomic E-state index is -0.610. The lowest BCUT2D eigenvalue weighted by Crippen LogP contribution is -2.53. The Hall–Kier alpha value is -1.28. The third-order valence-electron chi connectivity index (χ3n) is 3.57. The first-order valence-electron chi connectivity index (χ1n) is 6.31.